The van der Waals surface area contributed by atoms with Gasteiger partial charge in [0, 0.05) is 25.7 Å². The van der Waals surface area contributed by atoms with E-state index >= 15 is 0 Å². The number of rotatable bonds is 9. The van der Waals surface area contributed by atoms with Crippen molar-refractivity contribution >= 4 is 5.91 Å². The highest BCUT2D eigenvalue weighted by Gasteiger charge is 2.29. The first kappa shape index (κ1) is 18.4. The van der Waals surface area contributed by atoms with Crippen molar-refractivity contribution in [3.8, 4) is 0 Å². The van der Waals surface area contributed by atoms with E-state index in [0.29, 0.717) is 6.04 Å². The quantitative estimate of drug-likeness (QED) is 0.624. The second-order valence-corrected chi connectivity index (χ2v) is 6.73. The number of unbranched alkanes of at least 4 members (excludes halogenated alkanes) is 1. The van der Waals surface area contributed by atoms with Crippen molar-refractivity contribution in [3.05, 3.63) is 0 Å². The van der Waals surface area contributed by atoms with E-state index in [1.54, 1.807) is 0 Å². The SMILES string of the molecule is CCCNC(C)(CCCCN1CCN(C)CC1C)C(N)=O. The summed E-state index contributed by atoms with van der Waals surface area (Å²) < 4.78 is 0. The van der Waals surface area contributed by atoms with Crippen LogP contribution in [0.2, 0.25) is 0 Å². The molecule has 5 nitrogen and oxygen atoms in total. The number of hydrogen-bond donors (Lipinski definition) is 2. The number of nitrogens with two attached hydrogens (primary N) is 1. The minimum Gasteiger partial charge on any atom is -0.368 e. The monoisotopic (exact) mass is 298 g/mol. The van der Waals surface area contributed by atoms with E-state index in [-0.39, 0.29) is 5.91 Å². The standard InChI is InChI=1S/C16H34N4O/c1-5-9-18-16(3,15(17)21)8-6-7-10-20-12-11-19(4)13-14(20)2/h14,18H,5-13H2,1-4H3,(H2,17,21). The van der Waals surface area contributed by atoms with Crippen LogP contribution in [-0.2, 0) is 4.79 Å². The van der Waals surface area contributed by atoms with Crippen LogP contribution in [0.1, 0.15) is 46.5 Å². The van der Waals surface area contributed by atoms with E-state index < -0.39 is 5.54 Å². The Kier molecular flexibility index (Phi) is 7.63. The normalized spacial score (nSPS) is 23.9. The molecule has 0 aromatic carbocycles. The average Bonchev–Trinajstić information content (AvgIpc) is 2.43. The van der Waals surface area contributed by atoms with Gasteiger partial charge < -0.3 is 16.0 Å². The maximum absolute atomic E-state index is 11.7. The van der Waals surface area contributed by atoms with Gasteiger partial charge in [0.2, 0.25) is 5.91 Å². The Bertz CT molecular complexity index is 323. The number of nitrogens with one attached hydrogen (secondary N) is 1. The van der Waals surface area contributed by atoms with Crippen molar-refractivity contribution in [3.63, 3.8) is 0 Å². The predicted octanol–water partition coefficient (Wildman–Crippen LogP) is 1.04. The van der Waals surface area contributed by atoms with Gasteiger partial charge in [0.05, 0.1) is 5.54 Å². The molecule has 1 amide bonds. The fraction of sp³-hybridized carbons (Fsp3) is 0.938. The molecule has 0 spiro atoms. The lowest BCUT2D eigenvalue weighted by atomic mass is 9.93. The third kappa shape index (κ3) is 5.93. The van der Waals surface area contributed by atoms with Crippen molar-refractivity contribution in [2.45, 2.75) is 58.0 Å². The Balaban J connectivity index is 2.29. The number of nitrogens with zero attached hydrogens (tertiary/aromatic N) is 2. The summed E-state index contributed by atoms with van der Waals surface area (Å²) in [6, 6.07) is 0.629. The maximum Gasteiger partial charge on any atom is 0.237 e. The highest BCUT2D eigenvalue weighted by Crippen LogP contribution is 2.15. The Morgan fingerprint density at radius 2 is 2.10 bits per heavy atom. The van der Waals surface area contributed by atoms with Crippen molar-refractivity contribution < 1.29 is 4.79 Å². The van der Waals surface area contributed by atoms with Crippen LogP contribution in [0.15, 0.2) is 0 Å². The summed E-state index contributed by atoms with van der Waals surface area (Å²) in [5.41, 5.74) is 5.00. The number of piperazine rings is 1. The minimum atomic E-state index is -0.552. The molecule has 0 saturated carbocycles. The van der Waals surface area contributed by atoms with Crippen molar-refractivity contribution in [1.29, 1.82) is 0 Å². The fourth-order valence-electron chi connectivity index (χ4n) is 3.00. The van der Waals surface area contributed by atoms with E-state index in [0.717, 1.165) is 58.4 Å². The topological polar surface area (TPSA) is 61.6 Å². The molecule has 21 heavy (non-hydrogen) atoms. The van der Waals surface area contributed by atoms with Crippen LogP contribution in [0.5, 0.6) is 0 Å². The zero-order chi connectivity index (χ0) is 15.9. The second-order valence-electron chi connectivity index (χ2n) is 6.73. The Morgan fingerprint density at radius 3 is 2.67 bits per heavy atom. The molecular weight excluding hydrogens is 264 g/mol. The first-order chi connectivity index (χ1) is 9.89. The molecule has 2 unspecified atom stereocenters. The van der Waals surface area contributed by atoms with Crippen LogP contribution in [0.25, 0.3) is 0 Å². The molecule has 2 atom stereocenters. The maximum atomic E-state index is 11.7. The zero-order valence-electron chi connectivity index (χ0n) is 14.3. The molecular formula is C16H34N4O. The van der Waals surface area contributed by atoms with Gasteiger partial charge in [-0.2, -0.15) is 0 Å². The molecule has 1 rings (SSSR count). The summed E-state index contributed by atoms with van der Waals surface area (Å²) >= 11 is 0. The summed E-state index contributed by atoms with van der Waals surface area (Å²) in [4.78, 5) is 16.6. The lowest BCUT2D eigenvalue weighted by Gasteiger charge is -2.38. The van der Waals surface area contributed by atoms with Crippen molar-refractivity contribution in [2.75, 3.05) is 39.8 Å². The molecule has 1 aliphatic rings. The summed E-state index contributed by atoms with van der Waals surface area (Å²) in [5.74, 6) is -0.232. The van der Waals surface area contributed by atoms with Gasteiger partial charge in [0.1, 0.15) is 0 Å². The molecule has 1 aliphatic heterocycles. The first-order valence-corrected chi connectivity index (χ1v) is 8.36. The van der Waals surface area contributed by atoms with Gasteiger partial charge in [-0.05, 0) is 59.7 Å². The summed E-state index contributed by atoms with van der Waals surface area (Å²) in [6.45, 7) is 11.8. The first-order valence-electron chi connectivity index (χ1n) is 8.36. The van der Waals surface area contributed by atoms with E-state index in [9.17, 15) is 4.79 Å². The molecule has 0 aliphatic carbocycles. The highest BCUT2D eigenvalue weighted by molar-refractivity contribution is 5.84. The number of likely N-dealkylation sites (N-methyl/N-ethyl adjacent to an activating group) is 1. The van der Waals surface area contributed by atoms with Gasteiger partial charge in [-0.15, -0.1) is 0 Å². The van der Waals surface area contributed by atoms with Gasteiger partial charge in [-0.25, -0.2) is 0 Å². The molecule has 5 heteroatoms. The largest absolute Gasteiger partial charge is 0.368 e. The average molecular weight is 298 g/mol. The molecule has 3 N–H and O–H groups in total. The van der Waals surface area contributed by atoms with Crippen LogP contribution in [0.3, 0.4) is 0 Å². The molecule has 1 fully saturated rings. The smallest absolute Gasteiger partial charge is 0.237 e. The highest BCUT2D eigenvalue weighted by atomic mass is 16.1. The second kappa shape index (κ2) is 8.71. The third-order valence-electron chi connectivity index (χ3n) is 4.65. The molecule has 1 saturated heterocycles. The van der Waals surface area contributed by atoms with Crippen molar-refractivity contribution in [1.82, 2.24) is 15.1 Å². The van der Waals surface area contributed by atoms with Crippen LogP contribution in [0, 0.1) is 0 Å². The van der Waals surface area contributed by atoms with E-state index in [1.165, 1.54) is 0 Å². The summed E-state index contributed by atoms with van der Waals surface area (Å²) in [6.07, 6.45) is 4.01. The van der Waals surface area contributed by atoms with E-state index in [1.807, 2.05) is 6.92 Å². The van der Waals surface area contributed by atoms with Crippen molar-refractivity contribution in [2.24, 2.45) is 5.73 Å². The van der Waals surface area contributed by atoms with Gasteiger partial charge in [0.15, 0.2) is 0 Å². The summed E-state index contributed by atoms with van der Waals surface area (Å²) in [5, 5.41) is 3.30. The van der Waals surface area contributed by atoms with Crippen LogP contribution < -0.4 is 11.1 Å². The number of amides is 1. The van der Waals surface area contributed by atoms with Gasteiger partial charge >= 0.3 is 0 Å². The fourth-order valence-corrected chi connectivity index (χ4v) is 3.00. The molecule has 0 aromatic heterocycles. The molecule has 1 heterocycles. The van der Waals surface area contributed by atoms with Crippen LogP contribution in [0.4, 0.5) is 0 Å². The number of carbonyl (C=O) groups excluding carboxylic acids is 1. The Morgan fingerprint density at radius 1 is 1.38 bits per heavy atom. The number of carbonyl (C=O) groups is 1. The number of hydrogen-bond acceptors (Lipinski definition) is 4. The van der Waals surface area contributed by atoms with Gasteiger partial charge in [-0.1, -0.05) is 6.92 Å². The van der Waals surface area contributed by atoms with Gasteiger partial charge in [0.25, 0.3) is 0 Å². The van der Waals surface area contributed by atoms with Crippen LogP contribution >= 0.6 is 0 Å². The summed E-state index contributed by atoms with van der Waals surface area (Å²) in [7, 11) is 2.19. The Hall–Kier alpha value is -0.650. The predicted molar refractivity (Wildman–Crippen MR) is 88.3 cm³/mol. The lowest BCUT2D eigenvalue weighted by Crippen LogP contribution is -2.53. The van der Waals surface area contributed by atoms with E-state index in [2.05, 4.69) is 36.0 Å². The minimum absolute atomic E-state index is 0.232. The lowest BCUT2D eigenvalue weighted by molar-refractivity contribution is -0.124. The van der Waals surface area contributed by atoms with Gasteiger partial charge in [-0.3, -0.25) is 9.69 Å². The van der Waals surface area contributed by atoms with E-state index in [4.69, 9.17) is 5.73 Å². The van der Waals surface area contributed by atoms with Crippen LogP contribution in [-0.4, -0.2) is 67.1 Å². The Labute approximate surface area is 130 Å². The number of primary amides is 1. The molecule has 0 radical (unpaired) electrons. The third-order valence-corrected chi connectivity index (χ3v) is 4.65. The molecule has 124 valence electrons. The zero-order valence-corrected chi connectivity index (χ0v) is 14.3. The molecule has 0 bridgehead atoms. The molecule has 0 aromatic rings.